The highest BCUT2D eigenvalue weighted by atomic mass is 31.2. The highest BCUT2D eigenvalue weighted by molar-refractivity contribution is 7.47. The van der Waals surface area contributed by atoms with Crippen LogP contribution in [0, 0.1) is 0 Å². The summed E-state index contributed by atoms with van der Waals surface area (Å²) in [6, 6.07) is 0. The van der Waals surface area contributed by atoms with E-state index in [4.69, 9.17) is 13.8 Å². The third-order valence-electron chi connectivity index (χ3n) is 6.04. The molecule has 0 aliphatic carbocycles. The van der Waals surface area contributed by atoms with Gasteiger partial charge in [0.05, 0.1) is 13.2 Å². The predicted molar refractivity (Wildman–Crippen MR) is 146 cm³/mol. The van der Waals surface area contributed by atoms with Crippen molar-refractivity contribution in [2.45, 2.75) is 136 Å². The van der Waals surface area contributed by atoms with E-state index < -0.39 is 26.5 Å². The van der Waals surface area contributed by atoms with Gasteiger partial charge < -0.3 is 20.1 Å². The quantitative estimate of drug-likeness (QED) is 0.0624. The average Bonchev–Trinajstić information content (AvgIpc) is 2.87. The van der Waals surface area contributed by atoms with E-state index in [9.17, 15) is 24.2 Å². The van der Waals surface area contributed by atoms with Crippen molar-refractivity contribution in [2.75, 3.05) is 26.4 Å². The molecule has 0 radical (unpaired) electrons. The number of aliphatic hydroxyl groups is 1. The minimum absolute atomic E-state index is 0.0863. The predicted octanol–water partition coefficient (Wildman–Crippen LogP) is 6.20. The number of hydrogen-bond acceptors (Lipinski definition) is 7. The van der Waals surface area contributed by atoms with E-state index in [1.165, 1.54) is 70.6 Å². The number of nitrogens with one attached hydrogen (secondary N) is 1. The molecule has 0 aromatic carbocycles. The normalized spacial score (nSPS) is 13.7. The SMILES string of the molecule is CCCCCCCCCCCCCCCCC(=O)NCCOP(=O)(O)OCC(O)COC(=O)CCCC. The molecule has 0 aliphatic rings. The fraction of sp³-hybridized carbons (Fsp3) is 0.926. The molecule has 0 aromatic heterocycles. The van der Waals surface area contributed by atoms with Crippen LogP contribution in [0.4, 0.5) is 0 Å². The van der Waals surface area contributed by atoms with E-state index in [1.54, 1.807) is 0 Å². The highest BCUT2D eigenvalue weighted by Gasteiger charge is 2.23. The van der Waals surface area contributed by atoms with Crippen LogP contribution in [-0.2, 0) is 27.9 Å². The van der Waals surface area contributed by atoms with Crippen molar-refractivity contribution in [1.82, 2.24) is 5.32 Å². The third-order valence-corrected chi connectivity index (χ3v) is 7.02. The summed E-state index contributed by atoms with van der Waals surface area (Å²) >= 11 is 0. The summed E-state index contributed by atoms with van der Waals surface area (Å²) in [5.41, 5.74) is 0. The average molecular weight is 552 g/mol. The standard InChI is InChI=1S/C27H54NO8P/c1-3-5-7-8-9-10-11-12-13-14-15-16-17-18-19-26(30)28-21-22-35-37(32,33)36-24-25(29)23-34-27(31)20-6-4-2/h25,29H,3-24H2,1-2H3,(H,28,30)(H,32,33). The summed E-state index contributed by atoms with van der Waals surface area (Å²) in [6.45, 7) is 3.25. The third kappa shape index (κ3) is 26.4. The number of carbonyl (C=O) groups is 2. The summed E-state index contributed by atoms with van der Waals surface area (Å²) in [6.07, 6.45) is 18.7. The van der Waals surface area contributed by atoms with Gasteiger partial charge in [-0.25, -0.2) is 4.57 Å². The minimum atomic E-state index is -4.38. The number of esters is 1. The summed E-state index contributed by atoms with van der Waals surface area (Å²) in [4.78, 5) is 32.9. The van der Waals surface area contributed by atoms with Crippen molar-refractivity contribution in [2.24, 2.45) is 0 Å². The molecule has 3 N–H and O–H groups in total. The Morgan fingerprint density at radius 3 is 1.78 bits per heavy atom. The monoisotopic (exact) mass is 551 g/mol. The van der Waals surface area contributed by atoms with E-state index >= 15 is 0 Å². The van der Waals surface area contributed by atoms with Crippen molar-refractivity contribution in [3.63, 3.8) is 0 Å². The maximum Gasteiger partial charge on any atom is 0.472 e. The second-order valence-corrected chi connectivity index (χ2v) is 11.2. The van der Waals surface area contributed by atoms with E-state index in [0.29, 0.717) is 12.8 Å². The molecule has 2 unspecified atom stereocenters. The van der Waals surface area contributed by atoms with Crippen LogP contribution in [0.15, 0.2) is 0 Å². The van der Waals surface area contributed by atoms with Gasteiger partial charge in [-0.3, -0.25) is 18.6 Å². The fourth-order valence-electron chi connectivity index (χ4n) is 3.77. The molecule has 0 aromatic rings. The first-order valence-corrected chi connectivity index (χ1v) is 16.0. The van der Waals surface area contributed by atoms with E-state index in [1.807, 2.05) is 6.92 Å². The molecule has 220 valence electrons. The molecule has 0 saturated carbocycles. The van der Waals surface area contributed by atoms with Gasteiger partial charge in [0.1, 0.15) is 12.7 Å². The van der Waals surface area contributed by atoms with Gasteiger partial charge in [-0.15, -0.1) is 0 Å². The van der Waals surface area contributed by atoms with Gasteiger partial charge in [0.2, 0.25) is 5.91 Å². The van der Waals surface area contributed by atoms with E-state index in [-0.39, 0.29) is 32.1 Å². The van der Waals surface area contributed by atoms with Crippen molar-refractivity contribution in [3.8, 4) is 0 Å². The molecule has 9 nitrogen and oxygen atoms in total. The van der Waals surface area contributed by atoms with Crippen LogP contribution in [0.2, 0.25) is 0 Å². The Morgan fingerprint density at radius 2 is 1.24 bits per heavy atom. The number of aliphatic hydroxyl groups excluding tert-OH is 1. The maximum absolute atomic E-state index is 11.9. The van der Waals surface area contributed by atoms with Gasteiger partial charge in [-0.05, 0) is 12.8 Å². The van der Waals surface area contributed by atoms with Gasteiger partial charge in [0, 0.05) is 19.4 Å². The molecule has 0 saturated heterocycles. The molecule has 0 spiro atoms. The van der Waals surface area contributed by atoms with Crippen LogP contribution in [0.3, 0.4) is 0 Å². The van der Waals surface area contributed by atoms with Crippen LogP contribution in [0.1, 0.15) is 129 Å². The highest BCUT2D eigenvalue weighted by Crippen LogP contribution is 2.42. The molecular formula is C27H54NO8P. The maximum atomic E-state index is 11.9. The molecule has 0 bridgehead atoms. The van der Waals surface area contributed by atoms with Gasteiger partial charge in [-0.2, -0.15) is 0 Å². The largest absolute Gasteiger partial charge is 0.472 e. The summed E-state index contributed by atoms with van der Waals surface area (Å²) in [5.74, 6) is -0.550. The van der Waals surface area contributed by atoms with Crippen LogP contribution in [-0.4, -0.2) is 54.3 Å². The minimum Gasteiger partial charge on any atom is -0.463 e. The molecular weight excluding hydrogens is 497 g/mol. The van der Waals surface area contributed by atoms with Gasteiger partial charge >= 0.3 is 13.8 Å². The zero-order valence-electron chi connectivity index (χ0n) is 23.4. The lowest BCUT2D eigenvalue weighted by Gasteiger charge is -2.15. The molecule has 0 rings (SSSR count). The Morgan fingerprint density at radius 1 is 0.730 bits per heavy atom. The van der Waals surface area contributed by atoms with Gasteiger partial charge in [0.25, 0.3) is 0 Å². The molecule has 2 atom stereocenters. The first-order chi connectivity index (χ1) is 17.8. The lowest BCUT2D eigenvalue weighted by molar-refractivity contribution is -0.147. The summed E-state index contributed by atoms with van der Waals surface area (Å²) in [7, 11) is -4.38. The van der Waals surface area contributed by atoms with Crippen LogP contribution in [0.25, 0.3) is 0 Å². The van der Waals surface area contributed by atoms with Crippen molar-refractivity contribution < 1.29 is 37.9 Å². The van der Waals surface area contributed by atoms with Gasteiger partial charge in [0.15, 0.2) is 0 Å². The second-order valence-electron chi connectivity index (χ2n) is 9.73. The molecule has 0 fully saturated rings. The lowest BCUT2D eigenvalue weighted by Crippen LogP contribution is -2.27. The number of carbonyl (C=O) groups excluding carboxylic acids is 2. The number of phosphoric acid groups is 1. The molecule has 37 heavy (non-hydrogen) atoms. The smallest absolute Gasteiger partial charge is 0.463 e. The lowest BCUT2D eigenvalue weighted by atomic mass is 10.0. The first kappa shape index (κ1) is 36.0. The van der Waals surface area contributed by atoms with Crippen molar-refractivity contribution >= 4 is 19.7 Å². The van der Waals surface area contributed by atoms with E-state index in [0.717, 1.165) is 25.7 Å². The Labute approximate surface area is 225 Å². The Kier molecular flexibility index (Phi) is 24.6. The number of ether oxygens (including phenoxy) is 1. The van der Waals surface area contributed by atoms with Crippen molar-refractivity contribution in [1.29, 1.82) is 0 Å². The zero-order chi connectivity index (χ0) is 27.6. The fourth-order valence-corrected chi connectivity index (χ4v) is 4.52. The second kappa shape index (κ2) is 25.3. The molecule has 0 heterocycles. The Balaban J connectivity index is 3.56. The van der Waals surface area contributed by atoms with Crippen molar-refractivity contribution in [3.05, 3.63) is 0 Å². The molecule has 1 amide bonds. The molecule has 10 heteroatoms. The van der Waals surface area contributed by atoms with Crippen LogP contribution < -0.4 is 5.32 Å². The number of amides is 1. The Hall–Kier alpha value is -0.990. The number of hydrogen-bond donors (Lipinski definition) is 3. The number of unbranched alkanes of at least 4 members (excludes halogenated alkanes) is 14. The summed E-state index contributed by atoms with van der Waals surface area (Å²) in [5, 5.41) is 12.4. The summed E-state index contributed by atoms with van der Waals surface area (Å²) < 4.78 is 26.2. The first-order valence-electron chi connectivity index (χ1n) is 14.5. The molecule has 0 aliphatic heterocycles. The van der Waals surface area contributed by atoms with Gasteiger partial charge in [-0.1, -0.05) is 104 Å². The zero-order valence-corrected chi connectivity index (χ0v) is 24.3. The van der Waals surface area contributed by atoms with E-state index in [2.05, 4.69) is 12.2 Å². The topological polar surface area (TPSA) is 131 Å². The van der Waals surface area contributed by atoms with Crippen LogP contribution >= 0.6 is 7.82 Å². The number of phosphoric ester groups is 1. The van der Waals surface area contributed by atoms with Crippen LogP contribution in [0.5, 0.6) is 0 Å². The Bertz CT molecular complexity index is 605. The number of rotatable bonds is 27.